The van der Waals surface area contributed by atoms with Crippen LogP contribution in [0.4, 0.5) is 0 Å². The molecule has 1 aromatic carbocycles. The van der Waals surface area contributed by atoms with Crippen molar-refractivity contribution in [3.8, 4) is 0 Å². The fourth-order valence-electron chi connectivity index (χ4n) is 2.21. The summed E-state index contributed by atoms with van der Waals surface area (Å²) in [6.07, 6.45) is 0. The molecule has 0 radical (unpaired) electrons. The van der Waals surface area contributed by atoms with Crippen molar-refractivity contribution in [3.63, 3.8) is 0 Å². The van der Waals surface area contributed by atoms with E-state index in [-0.39, 0.29) is 0 Å². The highest BCUT2D eigenvalue weighted by Crippen LogP contribution is 2.17. The fourth-order valence-corrected chi connectivity index (χ4v) is 3.55. The predicted molar refractivity (Wildman–Crippen MR) is 80.2 cm³/mol. The smallest absolute Gasteiger partial charge is 0.241 e. The molecular formula is C15H20N2O2S. The first kappa shape index (κ1) is 14.8. The first-order valence-corrected chi connectivity index (χ1v) is 8.00. The van der Waals surface area contributed by atoms with Crippen molar-refractivity contribution in [2.24, 2.45) is 0 Å². The van der Waals surface area contributed by atoms with Crippen molar-refractivity contribution in [1.82, 2.24) is 9.71 Å². The van der Waals surface area contributed by atoms with E-state index in [1.165, 1.54) is 0 Å². The minimum absolute atomic E-state index is 0.298. The summed E-state index contributed by atoms with van der Waals surface area (Å²) in [4.78, 5) is 3.52. The maximum Gasteiger partial charge on any atom is 0.241 e. The molecule has 0 aliphatic heterocycles. The average Bonchev–Trinajstić information content (AvgIpc) is 2.68. The van der Waals surface area contributed by atoms with E-state index in [2.05, 4.69) is 9.71 Å². The van der Waals surface area contributed by atoms with Crippen LogP contribution in [-0.2, 0) is 16.6 Å². The minimum atomic E-state index is -3.48. The third kappa shape index (κ3) is 3.11. The van der Waals surface area contributed by atoms with Gasteiger partial charge in [0, 0.05) is 17.9 Å². The molecule has 108 valence electrons. The Labute approximate surface area is 120 Å². The van der Waals surface area contributed by atoms with Crippen molar-refractivity contribution in [1.29, 1.82) is 0 Å². The molecule has 2 N–H and O–H groups in total. The summed E-state index contributed by atoms with van der Waals surface area (Å²) in [5.41, 5.74) is 4.68. The molecule has 0 fully saturated rings. The van der Waals surface area contributed by atoms with Crippen LogP contribution in [-0.4, -0.2) is 13.4 Å². The minimum Gasteiger partial charge on any atom is -0.362 e. The standard InChI is InChI=1S/C15H20N2O2S/c1-10-5-6-11(2)15(7-10)20(18,19)16-9-14-8-12(3)17-13(14)4/h5-8,16-17H,9H2,1-4H3. The van der Waals surface area contributed by atoms with Crippen LogP contribution in [0.1, 0.15) is 28.1 Å². The molecule has 4 nitrogen and oxygen atoms in total. The van der Waals surface area contributed by atoms with Crippen LogP contribution >= 0.6 is 0 Å². The number of rotatable bonds is 4. The van der Waals surface area contributed by atoms with Gasteiger partial charge in [-0.3, -0.25) is 0 Å². The van der Waals surface area contributed by atoms with Gasteiger partial charge in [0.2, 0.25) is 10.0 Å². The Kier molecular flexibility index (Phi) is 4.01. The van der Waals surface area contributed by atoms with Crippen molar-refractivity contribution in [3.05, 3.63) is 52.3 Å². The van der Waals surface area contributed by atoms with Crippen LogP contribution in [0.2, 0.25) is 0 Å². The maximum atomic E-state index is 12.4. The molecule has 0 bridgehead atoms. The van der Waals surface area contributed by atoms with Crippen LogP contribution in [0.15, 0.2) is 29.2 Å². The molecule has 2 aromatic rings. The van der Waals surface area contributed by atoms with Crippen molar-refractivity contribution in [2.45, 2.75) is 39.1 Å². The van der Waals surface area contributed by atoms with E-state index < -0.39 is 10.0 Å². The van der Waals surface area contributed by atoms with Crippen molar-refractivity contribution in [2.75, 3.05) is 0 Å². The van der Waals surface area contributed by atoms with Crippen LogP contribution in [0.25, 0.3) is 0 Å². The average molecular weight is 292 g/mol. The van der Waals surface area contributed by atoms with E-state index in [1.807, 2.05) is 39.0 Å². The second-order valence-electron chi connectivity index (χ2n) is 5.20. The van der Waals surface area contributed by atoms with E-state index in [1.54, 1.807) is 13.0 Å². The van der Waals surface area contributed by atoms with Crippen LogP contribution < -0.4 is 4.72 Å². The highest BCUT2D eigenvalue weighted by atomic mass is 32.2. The van der Waals surface area contributed by atoms with Crippen molar-refractivity contribution < 1.29 is 8.42 Å². The molecule has 0 spiro atoms. The highest BCUT2D eigenvalue weighted by Gasteiger charge is 2.17. The second kappa shape index (κ2) is 5.42. The largest absolute Gasteiger partial charge is 0.362 e. The van der Waals surface area contributed by atoms with E-state index in [9.17, 15) is 8.42 Å². The summed E-state index contributed by atoms with van der Waals surface area (Å²) in [5.74, 6) is 0. The third-order valence-corrected chi connectivity index (χ3v) is 4.89. The van der Waals surface area contributed by atoms with E-state index in [4.69, 9.17) is 0 Å². The molecule has 0 aliphatic carbocycles. The number of benzene rings is 1. The molecule has 5 heteroatoms. The molecule has 0 amide bonds. The van der Waals surface area contributed by atoms with Gasteiger partial charge in [-0.25, -0.2) is 13.1 Å². The van der Waals surface area contributed by atoms with Gasteiger partial charge in [-0.15, -0.1) is 0 Å². The topological polar surface area (TPSA) is 62.0 Å². The second-order valence-corrected chi connectivity index (χ2v) is 6.93. The van der Waals surface area contributed by atoms with Gasteiger partial charge < -0.3 is 4.98 Å². The molecule has 0 saturated carbocycles. The Morgan fingerprint density at radius 3 is 2.40 bits per heavy atom. The molecule has 20 heavy (non-hydrogen) atoms. The first-order chi connectivity index (χ1) is 9.29. The number of aromatic nitrogens is 1. The molecule has 0 aliphatic rings. The molecule has 1 heterocycles. The van der Waals surface area contributed by atoms with Gasteiger partial charge in [-0.1, -0.05) is 12.1 Å². The zero-order valence-corrected chi connectivity index (χ0v) is 13.1. The van der Waals surface area contributed by atoms with Gasteiger partial charge in [0.1, 0.15) is 0 Å². The number of nitrogens with one attached hydrogen (secondary N) is 2. The normalized spacial score (nSPS) is 11.8. The Morgan fingerprint density at radius 2 is 1.80 bits per heavy atom. The van der Waals surface area contributed by atoms with Gasteiger partial charge >= 0.3 is 0 Å². The molecule has 0 unspecified atom stereocenters. The Morgan fingerprint density at radius 1 is 1.10 bits per heavy atom. The zero-order valence-electron chi connectivity index (χ0n) is 12.2. The lowest BCUT2D eigenvalue weighted by Crippen LogP contribution is -2.24. The van der Waals surface area contributed by atoms with Gasteiger partial charge in [0.05, 0.1) is 4.90 Å². The fraction of sp³-hybridized carbons (Fsp3) is 0.333. The monoisotopic (exact) mass is 292 g/mol. The number of hydrogen-bond acceptors (Lipinski definition) is 2. The van der Waals surface area contributed by atoms with E-state index in [0.29, 0.717) is 11.4 Å². The number of aryl methyl sites for hydroxylation is 4. The Hall–Kier alpha value is -1.59. The number of H-pyrrole nitrogens is 1. The van der Waals surface area contributed by atoms with Gasteiger partial charge in [0.15, 0.2) is 0 Å². The highest BCUT2D eigenvalue weighted by molar-refractivity contribution is 7.89. The lowest BCUT2D eigenvalue weighted by atomic mass is 10.2. The van der Waals surface area contributed by atoms with Crippen LogP contribution in [0.5, 0.6) is 0 Å². The van der Waals surface area contributed by atoms with Crippen LogP contribution in [0, 0.1) is 27.7 Å². The Bertz CT molecular complexity index is 730. The summed E-state index contributed by atoms with van der Waals surface area (Å²) < 4.78 is 27.4. The predicted octanol–water partition coefficient (Wildman–Crippen LogP) is 2.73. The summed E-state index contributed by atoms with van der Waals surface area (Å²) in [7, 11) is -3.48. The number of aromatic amines is 1. The third-order valence-electron chi connectivity index (χ3n) is 3.34. The summed E-state index contributed by atoms with van der Waals surface area (Å²) >= 11 is 0. The number of sulfonamides is 1. The first-order valence-electron chi connectivity index (χ1n) is 6.51. The SMILES string of the molecule is Cc1ccc(C)c(S(=O)(=O)NCc2cc(C)[nH]c2C)c1. The van der Waals surface area contributed by atoms with Gasteiger partial charge in [0.25, 0.3) is 0 Å². The summed E-state index contributed by atoms with van der Waals surface area (Å²) in [6.45, 7) is 7.88. The number of hydrogen-bond donors (Lipinski definition) is 2. The quantitative estimate of drug-likeness (QED) is 0.910. The zero-order chi connectivity index (χ0) is 14.9. The van der Waals surface area contributed by atoms with Gasteiger partial charge in [-0.2, -0.15) is 0 Å². The maximum absolute atomic E-state index is 12.4. The molecule has 1 aromatic heterocycles. The molecule has 2 rings (SSSR count). The van der Waals surface area contributed by atoms with E-state index in [0.717, 1.165) is 28.1 Å². The summed E-state index contributed by atoms with van der Waals surface area (Å²) in [5, 5.41) is 0. The molecule has 0 atom stereocenters. The van der Waals surface area contributed by atoms with E-state index >= 15 is 0 Å². The van der Waals surface area contributed by atoms with Crippen molar-refractivity contribution >= 4 is 10.0 Å². The lowest BCUT2D eigenvalue weighted by molar-refractivity contribution is 0.580. The van der Waals surface area contributed by atoms with Crippen LogP contribution in [0.3, 0.4) is 0 Å². The van der Waals surface area contributed by atoms with Gasteiger partial charge in [-0.05, 0) is 56.5 Å². The lowest BCUT2D eigenvalue weighted by Gasteiger charge is -2.10. The molecular weight excluding hydrogens is 272 g/mol. The summed E-state index contributed by atoms with van der Waals surface area (Å²) in [6, 6.07) is 7.40. The molecule has 0 saturated heterocycles. The Balaban J connectivity index is 2.23.